The van der Waals surface area contributed by atoms with Gasteiger partial charge in [0.15, 0.2) is 6.10 Å². The maximum atomic E-state index is 12.4. The highest BCUT2D eigenvalue weighted by molar-refractivity contribution is 7.46. The first kappa shape index (κ1) is 48.9. The molecule has 11 nitrogen and oxygen atoms in total. The number of hydrogen-bond acceptors (Lipinski definition) is 9. The van der Waals surface area contributed by atoms with Crippen molar-refractivity contribution in [2.24, 2.45) is 5.92 Å². The highest BCUT2D eigenvalue weighted by atomic mass is 31.2. The first-order valence-corrected chi connectivity index (χ1v) is 20.6. The molecule has 0 fully saturated rings. The maximum absolute atomic E-state index is 12.4. The van der Waals surface area contributed by atoms with Crippen molar-refractivity contribution < 1.29 is 53.3 Å². The van der Waals surface area contributed by atoms with Crippen LogP contribution in [0.3, 0.4) is 0 Å². The van der Waals surface area contributed by atoms with Crippen molar-refractivity contribution in [1.82, 2.24) is 0 Å². The number of aliphatic hydroxyl groups excluding tert-OH is 3. The second-order valence-corrected chi connectivity index (χ2v) is 14.8. The minimum Gasteiger partial charge on any atom is -0.462 e. The fourth-order valence-electron chi connectivity index (χ4n) is 5.12. The molecular weight excluding hydrogens is 675 g/mol. The molecule has 296 valence electrons. The molecule has 0 unspecified atom stereocenters. The predicted molar refractivity (Wildman–Crippen MR) is 202 cm³/mol. The maximum Gasteiger partial charge on any atom is 0.469 e. The number of allylic oxidation sites excluding steroid dienone is 6. The number of phosphoric ester groups is 1. The lowest BCUT2D eigenvalue weighted by Gasteiger charge is -2.18. The van der Waals surface area contributed by atoms with Crippen molar-refractivity contribution >= 4 is 19.8 Å². The van der Waals surface area contributed by atoms with Crippen molar-refractivity contribution in [2.75, 3.05) is 13.2 Å². The van der Waals surface area contributed by atoms with Crippen molar-refractivity contribution in [3.63, 3.8) is 0 Å². The summed E-state index contributed by atoms with van der Waals surface area (Å²) < 4.78 is 26.1. The molecule has 0 saturated carbocycles. The minimum atomic E-state index is -4.83. The second-order valence-electron chi connectivity index (χ2n) is 13.6. The standard InChI is InChI=1S/C39H69O11P/c1-4-5-18-25-34(40)26-20-15-12-13-16-21-27-36(41)37(42)28-23-30-38(43)48-31-35(32-49-51(45,46)47)50-39(44)29-22-17-11-9-7-6-8-10-14-19-24-33(2)3/h12-13,15-16,20-21,26-27,33-37,40-42H,4-11,14,17-19,22-25,28-32H2,1-3H3,(H2,45,46,47)/b15-12-,16-13+,26-20+,27-21+/t34-,35-,36-,37-/m1/s1. The van der Waals surface area contributed by atoms with Gasteiger partial charge >= 0.3 is 19.8 Å². The first-order chi connectivity index (χ1) is 24.3. The van der Waals surface area contributed by atoms with Gasteiger partial charge in [-0.2, -0.15) is 0 Å². The van der Waals surface area contributed by atoms with E-state index in [1.807, 2.05) is 0 Å². The van der Waals surface area contributed by atoms with Gasteiger partial charge in [-0.05, 0) is 31.6 Å². The molecule has 0 aromatic heterocycles. The van der Waals surface area contributed by atoms with E-state index in [0.717, 1.165) is 50.9 Å². The minimum absolute atomic E-state index is 0.0861. The van der Waals surface area contributed by atoms with Crippen LogP contribution >= 0.6 is 7.82 Å². The lowest BCUT2D eigenvalue weighted by atomic mass is 10.0. The Labute approximate surface area is 307 Å². The number of unbranched alkanes of at least 4 members (excludes halogenated alkanes) is 11. The number of hydrogen-bond donors (Lipinski definition) is 5. The third-order valence-electron chi connectivity index (χ3n) is 8.14. The van der Waals surface area contributed by atoms with Crippen LogP contribution in [0.25, 0.3) is 0 Å². The van der Waals surface area contributed by atoms with E-state index in [9.17, 15) is 29.5 Å². The van der Waals surface area contributed by atoms with Crippen molar-refractivity contribution in [1.29, 1.82) is 0 Å². The summed E-state index contributed by atoms with van der Waals surface area (Å²) >= 11 is 0. The number of aliphatic hydroxyl groups is 3. The van der Waals surface area contributed by atoms with E-state index >= 15 is 0 Å². The Hall–Kier alpha value is -2.11. The average Bonchev–Trinajstić information content (AvgIpc) is 3.07. The van der Waals surface area contributed by atoms with Gasteiger partial charge in [0.05, 0.1) is 24.9 Å². The summed E-state index contributed by atoms with van der Waals surface area (Å²) in [6.45, 7) is 5.56. The molecule has 5 N–H and O–H groups in total. The third kappa shape index (κ3) is 34.7. The SMILES string of the molecule is CCCCC[C@@H](O)/C=C/C=C\C=C\C=C\[C@@H](O)[C@H](O)CCCC(=O)OC[C@H](COP(=O)(O)O)OC(=O)CCCCCCCCCCCCC(C)C. The summed E-state index contributed by atoms with van der Waals surface area (Å²) in [5, 5.41) is 30.2. The van der Waals surface area contributed by atoms with Crippen LogP contribution in [-0.2, 0) is 28.2 Å². The number of rotatable bonds is 33. The van der Waals surface area contributed by atoms with Gasteiger partial charge in [-0.15, -0.1) is 0 Å². The molecule has 51 heavy (non-hydrogen) atoms. The summed E-state index contributed by atoms with van der Waals surface area (Å²) in [5.74, 6) is -0.443. The molecule has 0 saturated heterocycles. The van der Waals surface area contributed by atoms with E-state index in [2.05, 4.69) is 25.3 Å². The van der Waals surface area contributed by atoms with Crippen molar-refractivity contribution in [3.8, 4) is 0 Å². The van der Waals surface area contributed by atoms with Gasteiger partial charge in [-0.25, -0.2) is 4.57 Å². The zero-order chi connectivity index (χ0) is 38.2. The Kier molecular flexibility index (Phi) is 31.2. The molecule has 0 spiro atoms. The van der Waals surface area contributed by atoms with E-state index in [1.54, 1.807) is 42.5 Å². The molecule has 0 heterocycles. The van der Waals surface area contributed by atoms with Gasteiger partial charge < -0.3 is 34.6 Å². The normalized spacial score (nSPS) is 15.0. The van der Waals surface area contributed by atoms with Crippen LogP contribution < -0.4 is 0 Å². The molecule has 0 aromatic rings. The monoisotopic (exact) mass is 744 g/mol. The van der Waals surface area contributed by atoms with E-state index in [0.29, 0.717) is 6.42 Å². The van der Waals surface area contributed by atoms with Crippen LogP contribution in [0.4, 0.5) is 0 Å². The lowest BCUT2D eigenvalue weighted by Crippen LogP contribution is -2.29. The van der Waals surface area contributed by atoms with Crippen LogP contribution in [-0.4, -0.2) is 74.7 Å². The number of ether oxygens (including phenoxy) is 2. The quantitative estimate of drug-likeness (QED) is 0.0191. The van der Waals surface area contributed by atoms with E-state index in [-0.39, 0.29) is 25.7 Å². The Bertz CT molecular complexity index is 1030. The number of phosphoric acid groups is 1. The molecule has 0 aliphatic heterocycles. The summed E-state index contributed by atoms with van der Waals surface area (Å²) in [5.41, 5.74) is 0. The van der Waals surface area contributed by atoms with Crippen LogP contribution in [0.15, 0.2) is 48.6 Å². The van der Waals surface area contributed by atoms with Gasteiger partial charge in [-0.1, -0.05) is 153 Å². The lowest BCUT2D eigenvalue weighted by molar-refractivity contribution is -0.161. The molecule has 4 atom stereocenters. The number of carbonyl (C=O) groups excluding carboxylic acids is 2. The highest BCUT2D eigenvalue weighted by Gasteiger charge is 2.23. The van der Waals surface area contributed by atoms with Gasteiger partial charge in [-0.3, -0.25) is 14.1 Å². The Balaban J connectivity index is 4.33. The Morgan fingerprint density at radius 3 is 1.75 bits per heavy atom. The van der Waals surface area contributed by atoms with Gasteiger partial charge in [0.25, 0.3) is 0 Å². The fourth-order valence-corrected chi connectivity index (χ4v) is 5.48. The molecule has 0 aromatic carbocycles. The van der Waals surface area contributed by atoms with Crippen LogP contribution in [0.2, 0.25) is 0 Å². The smallest absolute Gasteiger partial charge is 0.462 e. The Morgan fingerprint density at radius 2 is 1.16 bits per heavy atom. The summed E-state index contributed by atoms with van der Waals surface area (Å²) in [7, 11) is -4.83. The molecule has 0 aliphatic carbocycles. The van der Waals surface area contributed by atoms with E-state index in [1.165, 1.54) is 51.0 Å². The highest BCUT2D eigenvalue weighted by Crippen LogP contribution is 2.36. The van der Waals surface area contributed by atoms with Gasteiger partial charge in [0.1, 0.15) is 6.61 Å². The molecule has 0 radical (unpaired) electrons. The van der Waals surface area contributed by atoms with E-state index in [4.69, 9.17) is 19.3 Å². The van der Waals surface area contributed by atoms with Crippen LogP contribution in [0.1, 0.15) is 143 Å². The van der Waals surface area contributed by atoms with Gasteiger partial charge in [0, 0.05) is 12.8 Å². The summed E-state index contributed by atoms with van der Waals surface area (Å²) in [6, 6.07) is 0. The molecule has 0 amide bonds. The zero-order valence-corrected chi connectivity index (χ0v) is 32.4. The summed E-state index contributed by atoms with van der Waals surface area (Å²) in [6.07, 6.45) is 26.5. The average molecular weight is 745 g/mol. The van der Waals surface area contributed by atoms with Gasteiger partial charge in [0.2, 0.25) is 0 Å². The van der Waals surface area contributed by atoms with Crippen LogP contribution in [0, 0.1) is 5.92 Å². The topological polar surface area (TPSA) is 180 Å². The number of carbonyl (C=O) groups is 2. The number of esters is 2. The third-order valence-corrected chi connectivity index (χ3v) is 8.63. The zero-order valence-electron chi connectivity index (χ0n) is 31.5. The molecule has 0 bridgehead atoms. The fraction of sp³-hybridized carbons (Fsp3) is 0.744. The first-order valence-electron chi connectivity index (χ1n) is 19.1. The molecular formula is C39H69O11P. The molecule has 0 aliphatic rings. The molecule has 0 rings (SSSR count). The summed E-state index contributed by atoms with van der Waals surface area (Å²) in [4.78, 5) is 42.7. The van der Waals surface area contributed by atoms with Crippen molar-refractivity contribution in [2.45, 2.75) is 167 Å². The predicted octanol–water partition coefficient (Wildman–Crippen LogP) is 7.95. The van der Waals surface area contributed by atoms with Crippen molar-refractivity contribution in [3.05, 3.63) is 48.6 Å². The largest absolute Gasteiger partial charge is 0.469 e. The second kappa shape index (κ2) is 32.5. The van der Waals surface area contributed by atoms with Crippen LogP contribution in [0.5, 0.6) is 0 Å². The molecule has 12 heteroatoms. The van der Waals surface area contributed by atoms with E-state index < -0.39 is 57.4 Å². The Morgan fingerprint density at radius 1 is 0.627 bits per heavy atom.